The van der Waals surface area contributed by atoms with Crippen LogP contribution < -0.4 is 15.4 Å². The summed E-state index contributed by atoms with van der Waals surface area (Å²) in [7, 11) is -4.06. The maximum Gasteiger partial charge on any atom is 0.327 e. The number of carboxylic acid groups (broad SMARTS) is 1. The Morgan fingerprint density at radius 3 is 2.11 bits per heavy atom. The Morgan fingerprint density at radius 1 is 1.11 bits per heavy atom. The molecule has 11 heteroatoms. The third kappa shape index (κ3) is 5.03. The van der Waals surface area contributed by atoms with Crippen molar-refractivity contribution in [3.63, 3.8) is 0 Å². The first-order valence-corrected chi connectivity index (χ1v) is 9.44. The normalized spacial score (nSPS) is 18.8. The summed E-state index contributed by atoms with van der Waals surface area (Å²) in [5.74, 6) is 2.57. The van der Waals surface area contributed by atoms with Gasteiger partial charge < -0.3 is 19.8 Å². The molecule has 0 saturated carbocycles. The van der Waals surface area contributed by atoms with E-state index in [-0.39, 0.29) is 24.5 Å². The first kappa shape index (κ1) is 21.7. The molecular weight excluding hydrogens is 395 g/mol. The number of halogens is 1. The van der Waals surface area contributed by atoms with E-state index in [0.717, 1.165) is 0 Å². The highest BCUT2D eigenvalue weighted by atomic mass is 32.2. The van der Waals surface area contributed by atoms with Gasteiger partial charge in [-0.1, -0.05) is 0 Å². The van der Waals surface area contributed by atoms with E-state index in [2.05, 4.69) is 10.6 Å². The zero-order valence-electron chi connectivity index (χ0n) is 14.5. The van der Waals surface area contributed by atoms with Gasteiger partial charge in [0.05, 0.1) is 11.5 Å². The number of hydrogen-bond donors (Lipinski definition) is 4. The van der Waals surface area contributed by atoms with Gasteiger partial charge in [-0.3, -0.25) is 4.79 Å². The van der Waals surface area contributed by atoms with Crippen LogP contribution >= 0.6 is 0 Å². The summed E-state index contributed by atoms with van der Waals surface area (Å²) in [4.78, 5) is 11.4. The van der Waals surface area contributed by atoms with Crippen LogP contribution in [0.5, 0.6) is 11.5 Å². The van der Waals surface area contributed by atoms with Gasteiger partial charge in [0.1, 0.15) is 17.3 Å². The van der Waals surface area contributed by atoms with E-state index in [0.29, 0.717) is 11.5 Å². The molecule has 5 N–H and O–H groups in total. The van der Waals surface area contributed by atoms with Crippen LogP contribution in [0, 0.1) is 5.82 Å². The molecule has 1 aliphatic heterocycles. The summed E-state index contributed by atoms with van der Waals surface area (Å²) in [6, 6.07) is 10.8. The van der Waals surface area contributed by atoms with Crippen LogP contribution in [0.1, 0.15) is 6.42 Å². The lowest BCUT2D eigenvalue weighted by Gasteiger charge is -2.23. The number of carboxylic acids is 1. The average Bonchev–Trinajstić information content (AvgIpc) is 3.15. The van der Waals surface area contributed by atoms with Crippen molar-refractivity contribution in [1.29, 1.82) is 0 Å². The Balaban J connectivity index is 0.00000136. The smallest absolute Gasteiger partial charge is 0.327 e. The van der Waals surface area contributed by atoms with Crippen LogP contribution in [-0.4, -0.2) is 43.5 Å². The lowest BCUT2D eigenvalue weighted by atomic mass is 10.0. The van der Waals surface area contributed by atoms with Crippen LogP contribution in [0.4, 0.5) is 4.39 Å². The molecule has 1 unspecified atom stereocenters. The van der Waals surface area contributed by atoms with Crippen molar-refractivity contribution in [2.75, 3.05) is 13.2 Å². The first-order valence-electron chi connectivity index (χ1n) is 7.95. The Morgan fingerprint density at radius 2 is 1.64 bits per heavy atom. The van der Waals surface area contributed by atoms with Crippen molar-refractivity contribution >= 4 is 16.0 Å². The summed E-state index contributed by atoms with van der Waals surface area (Å²) in [6.07, 6.45) is 0.0489. The van der Waals surface area contributed by atoms with Gasteiger partial charge in [-0.05, 0) is 48.5 Å². The molecule has 9 nitrogen and oxygen atoms in total. The molecule has 0 spiro atoms. The molecule has 1 saturated heterocycles. The highest BCUT2D eigenvalue weighted by molar-refractivity contribution is 7.89. The Labute approximate surface area is 160 Å². The molecule has 28 heavy (non-hydrogen) atoms. The topological polar surface area (TPSA) is 148 Å². The van der Waals surface area contributed by atoms with Crippen LogP contribution in [0.3, 0.4) is 0 Å². The van der Waals surface area contributed by atoms with Gasteiger partial charge >= 0.3 is 5.97 Å². The number of ether oxygens (including phenoxy) is 2. The van der Waals surface area contributed by atoms with Crippen molar-refractivity contribution in [2.45, 2.75) is 16.9 Å². The predicted octanol–water partition coefficient (Wildman–Crippen LogP) is 1.47. The fourth-order valence-electron chi connectivity index (χ4n) is 2.50. The maximum absolute atomic E-state index is 12.9. The van der Waals surface area contributed by atoms with E-state index in [1.54, 1.807) is 0 Å². The minimum Gasteiger partial charge on any atom is -0.480 e. The monoisotopic (exact) mass is 414 g/mol. The minimum absolute atomic E-state index is 0.0489. The summed E-state index contributed by atoms with van der Waals surface area (Å²) in [6.45, 7) is -0.0629. The largest absolute Gasteiger partial charge is 0.480 e. The molecule has 0 aromatic heterocycles. The molecule has 0 radical (unpaired) electrons. The standard InChI is InChI=1S/C17H16FNO6S.H3NO/c18-12-1-3-13(4-2-12)25-14-5-7-15(8-6-14)26(22,23)19-17(16(20)21)9-10-24-11-17;1-2/h1-8,19H,9-11H2,(H,20,21);2H,1H2. The number of aliphatic carboxylic acids is 1. The molecule has 3 rings (SSSR count). The second-order valence-corrected chi connectivity index (χ2v) is 7.51. The van der Waals surface area contributed by atoms with Crippen molar-refractivity contribution in [1.82, 2.24) is 4.72 Å². The number of benzene rings is 2. The van der Waals surface area contributed by atoms with Crippen molar-refractivity contribution < 1.29 is 37.4 Å². The number of sulfonamides is 1. The van der Waals surface area contributed by atoms with Crippen LogP contribution in [0.2, 0.25) is 0 Å². The maximum atomic E-state index is 12.9. The van der Waals surface area contributed by atoms with Gasteiger partial charge in [0.15, 0.2) is 5.54 Å². The average molecular weight is 414 g/mol. The molecule has 1 fully saturated rings. The molecule has 1 heterocycles. The number of carbonyl (C=O) groups is 1. The number of rotatable bonds is 6. The van der Waals surface area contributed by atoms with Crippen molar-refractivity contribution in [3.8, 4) is 11.5 Å². The van der Waals surface area contributed by atoms with Gasteiger partial charge in [0.25, 0.3) is 0 Å². The van der Waals surface area contributed by atoms with Gasteiger partial charge in [0.2, 0.25) is 10.0 Å². The zero-order valence-corrected chi connectivity index (χ0v) is 15.4. The summed E-state index contributed by atoms with van der Waals surface area (Å²) in [5, 5.41) is 15.8. The van der Waals surface area contributed by atoms with E-state index < -0.39 is 27.3 Å². The molecule has 1 aliphatic rings. The lowest BCUT2D eigenvalue weighted by Crippen LogP contribution is -2.54. The summed E-state index contributed by atoms with van der Waals surface area (Å²) >= 11 is 0. The Bertz CT molecular complexity index is 896. The second-order valence-electron chi connectivity index (χ2n) is 5.82. The van der Waals surface area contributed by atoms with E-state index >= 15 is 0 Å². The van der Waals surface area contributed by atoms with Crippen LogP contribution in [-0.2, 0) is 19.6 Å². The first-order chi connectivity index (χ1) is 13.3. The molecule has 0 aliphatic carbocycles. The number of hydrogen-bond acceptors (Lipinski definition) is 7. The van der Waals surface area contributed by atoms with E-state index in [1.807, 2.05) is 0 Å². The van der Waals surface area contributed by atoms with E-state index in [9.17, 15) is 22.7 Å². The summed E-state index contributed by atoms with van der Waals surface area (Å²) < 4.78 is 50.6. The van der Waals surface area contributed by atoms with E-state index in [4.69, 9.17) is 14.7 Å². The third-order valence-electron chi connectivity index (χ3n) is 3.94. The number of nitrogens with two attached hydrogens (primary N) is 1. The molecule has 2 aromatic carbocycles. The molecule has 0 amide bonds. The highest BCUT2D eigenvalue weighted by Gasteiger charge is 2.46. The van der Waals surface area contributed by atoms with Crippen LogP contribution in [0.15, 0.2) is 53.4 Å². The predicted molar refractivity (Wildman–Crippen MR) is 95.0 cm³/mol. The Kier molecular flexibility index (Phi) is 7.05. The molecule has 2 aromatic rings. The van der Waals surface area contributed by atoms with Gasteiger partial charge in [-0.15, -0.1) is 0 Å². The second kappa shape index (κ2) is 9.08. The number of nitrogens with one attached hydrogen (secondary N) is 1. The van der Waals surface area contributed by atoms with Crippen molar-refractivity contribution in [2.24, 2.45) is 5.90 Å². The SMILES string of the molecule is NO.O=C(O)C1(NS(=O)(=O)c2ccc(Oc3ccc(F)cc3)cc2)CCOC1. The van der Waals surface area contributed by atoms with Gasteiger partial charge in [0, 0.05) is 13.0 Å². The quantitative estimate of drug-likeness (QED) is 0.520. The van der Waals surface area contributed by atoms with Crippen molar-refractivity contribution in [3.05, 3.63) is 54.3 Å². The Hall–Kier alpha value is -2.57. The minimum atomic E-state index is -4.06. The highest BCUT2D eigenvalue weighted by Crippen LogP contribution is 2.25. The zero-order chi connectivity index (χ0) is 20.8. The third-order valence-corrected chi connectivity index (χ3v) is 5.50. The lowest BCUT2D eigenvalue weighted by molar-refractivity contribution is -0.144. The van der Waals surface area contributed by atoms with Crippen LogP contribution in [0.25, 0.3) is 0 Å². The fourth-order valence-corrected chi connectivity index (χ4v) is 3.87. The molecule has 0 bridgehead atoms. The summed E-state index contributed by atoms with van der Waals surface area (Å²) in [5.41, 5.74) is -1.66. The van der Waals surface area contributed by atoms with Gasteiger partial charge in [-0.25, -0.2) is 18.7 Å². The van der Waals surface area contributed by atoms with Gasteiger partial charge in [-0.2, -0.15) is 4.72 Å². The molecule has 152 valence electrons. The molecule has 1 atom stereocenters. The van der Waals surface area contributed by atoms with E-state index in [1.165, 1.54) is 48.5 Å². The fraction of sp³-hybridized carbons (Fsp3) is 0.235. The molecular formula is C17H19FN2O7S.